The molecule has 0 aliphatic heterocycles. The van der Waals surface area contributed by atoms with Gasteiger partial charge in [0.25, 0.3) is 0 Å². The standard InChI is InChI=1S/C15H16N2O4/c1-10-2-4-12-6-11(3-5-13(12)16-10)7-17(8-14(18)19)9-15(20)21/h2-6H,7-9H2,1H3,(H,18,19)(H,20,21). The Morgan fingerprint density at radius 3 is 2.38 bits per heavy atom. The lowest BCUT2D eigenvalue weighted by Gasteiger charge is -2.18. The highest BCUT2D eigenvalue weighted by Gasteiger charge is 2.14. The van der Waals surface area contributed by atoms with Gasteiger partial charge in [-0.25, -0.2) is 0 Å². The topological polar surface area (TPSA) is 90.7 Å². The molecule has 0 aliphatic rings. The highest BCUT2D eigenvalue weighted by molar-refractivity contribution is 5.79. The minimum Gasteiger partial charge on any atom is -0.480 e. The largest absolute Gasteiger partial charge is 0.480 e. The van der Waals surface area contributed by atoms with Crippen LogP contribution in [-0.2, 0) is 16.1 Å². The van der Waals surface area contributed by atoms with Gasteiger partial charge in [0.05, 0.1) is 18.6 Å². The van der Waals surface area contributed by atoms with E-state index in [2.05, 4.69) is 4.98 Å². The van der Waals surface area contributed by atoms with Gasteiger partial charge in [-0.1, -0.05) is 12.1 Å². The van der Waals surface area contributed by atoms with Crippen LogP contribution in [0.15, 0.2) is 30.3 Å². The maximum Gasteiger partial charge on any atom is 0.317 e. The molecule has 6 heteroatoms. The van der Waals surface area contributed by atoms with Crippen LogP contribution in [0.2, 0.25) is 0 Å². The lowest BCUT2D eigenvalue weighted by atomic mass is 10.1. The van der Waals surface area contributed by atoms with Crippen molar-refractivity contribution >= 4 is 22.8 Å². The fourth-order valence-corrected chi connectivity index (χ4v) is 2.18. The smallest absolute Gasteiger partial charge is 0.317 e. The van der Waals surface area contributed by atoms with Gasteiger partial charge in [0, 0.05) is 17.6 Å². The normalized spacial score (nSPS) is 11.0. The van der Waals surface area contributed by atoms with E-state index < -0.39 is 11.9 Å². The van der Waals surface area contributed by atoms with Crippen LogP contribution in [0, 0.1) is 6.92 Å². The Bertz CT molecular complexity index is 668. The molecule has 0 saturated heterocycles. The average molecular weight is 288 g/mol. The first-order valence-electron chi connectivity index (χ1n) is 6.46. The molecule has 21 heavy (non-hydrogen) atoms. The molecule has 2 N–H and O–H groups in total. The Hall–Kier alpha value is -2.47. The summed E-state index contributed by atoms with van der Waals surface area (Å²) in [6.07, 6.45) is 0. The molecule has 2 aromatic rings. The van der Waals surface area contributed by atoms with Crippen molar-refractivity contribution in [2.45, 2.75) is 13.5 Å². The Labute approximate surface area is 121 Å². The Kier molecular flexibility index (Phi) is 4.49. The molecule has 0 bridgehead atoms. The number of aryl methyl sites for hydroxylation is 1. The molecule has 6 nitrogen and oxygen atoms in total. The summed E-state index contributed by atoms with van der Waals surface area (Å²) in [7, 11) is 0. The van der Waals surface area contributed by atoms with Crippen LogP contribution in [0.3, 0.4) is 0 Å². The fourth-order valence-electron chi connectivity index (χ4n) is 2.18. The van der Waals surface area contributed by atoms with Crippen molar-refractivity contribution in [3.8, 4) is 0 Å². The van der Waals surface area contributed by atoms with E-state index in [0.717, 1.165) is 22.2 Å². The van der Waals surface area contributed by atoms with Crippen molar-refractivity contribution in [2.24, 2.45) is 0 Å². The second-order valence-electron chi connectivity index (χ2n) is 4.91. The van der Waals surface area contributed by atoms with Gasteiger partial charge in [-0.15, -0.1) is 0 Å². The number of pyridine rings is 1. The molecule has 0 saturated carbocycles. The van der Waals surface area contributed by atoms with Gasteiger partial charge in [-0.3, -0.25) is 19.5 Å². The number of fused-ring (bicyclic) bond motifs is 1. The van der Waals surface area contributed by atoms with Crippen LogP contribution in [0.4, 0.5) is 0 Å². The highest BCUT2D eigenvalue weighted by Crippen LogP contribution is 2.16. The second kappa shape index (κ2) is 6.32. The zero-order valence-corrected chi connectivity index (χ0v) is 11.6. The number of aliphatic carboxylic acids is 2. The van der Waals surface area contributed by atoms with Crippen LogP contribution < -0.4 is 0 Å². The molecule has 110 valence electrons. The summed E-state index contributed by atoms with van der Waals surface area (Å²) in [6, 6.07) is 9.44. The van der Waals surface area contributed by atoms with Crippen molar-refractivity contribution in [1.82, 2.24) is 9.88 Å². The first kappa shape index (κ1) is 14.9. The number of carbonyl (C=O) groups is 2. The molecule has 0 amide bonds. The summed E-state index contributed by atoms with van der Waals surface area (Å²) in [6.45, 7) is 1.56. The summed E-state index contributed by atoms with van der Waals surface area (Å²) in [5.41, 5.74) is 2.64. The van der Waals surface area contributed by atoms with Crippen molar-refractivity contribution in [2.75, 3.05) is 13.1 Å². The minimum absolute atomic E-state index is 0.266. The molecular weight excluding hydrogens is 272 g/mol. The van der Waals surface area contributed by atoms with Crippen molar-refractivity contribution < 1.29 is 19.8 Å². The number of hydrogen-bond donors (Lipinski definition) is 2. The summed E-state index contributed by atoms with van der Waals surface area (Å²) in [4.78, 5) is 27.3. The van der Waals surface area contributed by atoms with Crippen molar-refractivity contribution in [1.29, 1.82) is 0 Å². The molecule has 1 heterocycles. The number of carboxylic acid groups (broad SMARTS) is 2. The SMILES string of the molecule is Cc1ccc2cc(CN(CC(=O)O)CC(=O)O)ccc2n1. The summed E-state index contributed by atoms with van der Waals surface area (Å²) >= 11 is 0. The molecule has 0 radical (unpaired) electrons. The van der Waals surface area contributed by atoms with Gasteiger partial charge in [0.15, 0.2) is 0 Å². The van der Waals surface area contributed by atoms with Gasteiger partial charge in [-0.05, 0) is 30.7 Å². The number of carboxylic acids is 2. The third-order valence-corrected chi connectivity index (χ3v) is 3.02. The van der Waals surface area contributed by atoms with Crippen LogP contribution in [0.1, 0.15) is 11.3 Å². The van der Waals surface area contributed by atoms with E-state index >= 15 is 0 Å². The van der Waals surface area contributed by atoms with E-state index in [1.165, 1.54) is 4.90 Å². The maximum absolute atomic E-state index is 10.8. The van der Waals surface area contributed by atoms with Crippen LogP contribution in [0.5, 0.6) is 0 Å². The third-order valence-electron chi connectivity index (χ3n) is 3.02. The first-order valence-corrected chi connectivity index (χ1v) is 6.46. The molecular formula is C15H16N2O4. The van der Waals surface area contributed by atoms with Crippen molar-refractivity contribution in [3.63, 3.8) is 0 Å². The number of hydrogen-bond acceptors (Lipinski definition) is 4. The highest BCUT2D eigenvalue weighted by atomic mass is 16.4. The molecule has 0 fully saturated rings. The summed E-state index contributed by atoms with van der Waals surface area (Å²) < 4.78 is 0. The minimum atomic E-state index is -1.05. The number of rotatable bonds is 6. The van der Waals surface area contributed by atoms with E-state index in [-0.39, 0.29) is 19.6 Å². The molecule has 0 spiro atoms. The van der Waals surface area contributed by atoms with Gasteiger partial charge in [-0.2, -0.15) is 0 Å². The Balaban J connectivity index is 2.21. The van der Waals surface area contributed by atoms with Crippen molar-refractivity contribution in [3.05, 3.63) is 41.6 Å². The van der Waals surface area contributed by atoms with Gasteiger partial charge < -0.3 is 10.2 Å². The zero-order chi connectivity index (χ0) is 15.4. The predicted octanol–water partition coefficient (Wildman–Crippen LogP) is 1.51. The third kappa shape index (κ3) is 4.25. The molecule has 0 atom stereocenters. The molecule has 0 unspecified atom stereocenters. The van der Waals surface area contributed by atoms with E-state index in [0.29, 0.717) is 0 Å². The molecule has 0 aliphatic carbocycles. The monoisotopic (exact) mass is 288 g/mol. The maximum atomic E-state index is 10.8. The number of aromatic nitrogens is 1. The van der Waals surface area contributed by atoms with Gasteiger partial charge >= 0.3 is 11.9 Å². The lowest BCUT2D eigenvalue weighted by molar-refractivity contribution is -0.142. The fraction of sp³-hybridized carbons (Fsp3) is 0.267. The van der Waals surface area contributed by atoms with E-state index in [1.54, 1.807) is 0 Å². The van der Waals surface area contributed by atoms with Crippen LogP contribution in [-0.4, -0.2) is 45.1 Å². The average Bonchev–Trinajstić information content (AvgIpc) is 2.37. The second-order valence-corrected chi connectivity index (χ2v) is 4.91. The Morgan fingerprint density at radius 1 is 1.10 bits per heavy atom. The summed E-state index contributed by atoms with van der Waals surface area (Å²) in [5, 5.41) is 18.6. The summed E-state index contributed by atoms with van der Waals surface area (Å²) in [5.74, 6) is -2.09. The zero-order valence-electron chi connectivity index (χ0n) is 11.6. The Morgan fingerprint density at radius 2 is 1.76 bits per heavy atom. The lowest BCUT2D eigenvalue weighted by Crippen LogP contribution is -2.33. The molecule has 1 aromatic carbocycles. The number of benzene rings is 1. The van der Waals surface area contributed by atoms with Gasteiger partial charge in [0.2, 0.25) is 0 Å². The molecule has 2 rings (SSSR count). The van der Waals surface area contributed by atoms with Crippen LogP contribution >= 0.6 is 0 Å². The van der Waals surface area contributed by atoms with E-state index in [1.807, 2.05) is 37.3 Å². The van der Waals surface area contributed by atoms with E-state index in [9.17, 15) is 9.59 Å². The van der Waals surface area contributed by atoms with Gasteiger partial charge in [0.1, 0.15) is 0 Å². The first-order chi connectivity index (χ1) is 9.94. The van der Waals surface area contributed by atoms with Crippen LogP contribution in [0.25, 0.3) is 10.9 Å². The number of nitrogens with zero attached hydrogens (tertiary/aromatic N) is 2. The van der Waals surface area contributed by atoms with E-state index in [4.69, 9.17) is 10.2 Å². The predicted molar refractivity (Wildman–Crippen MR) is 77.0 cm³/mol. The molecule has 1 aromatic heterocycles. The quantitative estimate of drug-likeness (QED) is 0.837.